The Labute approximate surface area is 151 Å². The average Bonchev–Trinajstić information content (AvgIpc) is 3.39. The molecule has 3 heterocycles. The van der Waals surface area contributed by atoms with Crippen molar-refractivity contribution in [2.24, 2.45) is 0 Å². The summed E-state index contributed by atoms with van der Waals surface area (Å²) in [5.74, 6) is -0.185. The molecule has 0 unspecified atom stereocenters. The van der Waals surface area contributed by atoms with E-state index in [0.717, 1.165) is 36.2 Å². The van der Waals surface area contributed by atoms with Crippen molar-refractivity contribution in [3.05, 3.63) is 53.6 Å². The first-order chi connectivity index (χ1) is 12.7. The summed E-state index contributed by atoms with van der Waals surface area (Å²) in [4.78, 5) is 23.8. The third-order valence-electron chi connectivity index (χ3n) is 5.33. The molecule has 0 saturated heterocycles. The van der Waals surface area contributed by atoms with Crippen molar-refractivity contribution >= 4 is 22.6 Å². The van der Waals surface area contributed by atoms with E-state index in [1.54, 1.807) is 0 Å². The number of carbonyl (C=O) groups is 1. The Kier molecular flexibility index (Phi) is 3.53. The van der Waals surface area contributed by atoms with Crippen LogP contribution in [0.4, 0.5) is 5.69 Å². The van der Waals surface area contributed by atoms with E-state index in [1.807, 2.05) is 18.3 Å². The van der Waals surface area contributed by atoms with Crippen molar-refractivity contribution < 1.29 is 4.79 Å². The summed E-state index contributed by atoms with van der Waals surface area (Å²) < 4.78 is 2.16. The lowest BCUT2D eigenvalue weighted by molar-refractivity contribution is 0.102. The van der Waals surface area contributed by atoms with Gasteiger partial charge in [0.25, 0.3) is 5.91 Å². The molecule has 26 heavy (non-hydrogen) atoms. The highest BCUT2D eigenvalue weighted by molar-refractivity contribution is 6.10. The van der Waals surface area contributed by atoms with Crippen LogP contribution in [0.25, 0.3) is 11.0 Å². The molecule has 1 saturated carbocycles. The molecular formula is C20H21N5O. The molecule has 1 aromatic carbocycles. The molecule has 132 valence electrons. The first-order valence-electron chi connectivity index (χ1n) is 9.12. The second kappa shape index (κ2) is 5.92. The monoisotopic (exact) mass is 347 g/mol. The summed E-state index contributed by atoms with van der Waals surface area (Å²) >= 11 is 0. The highest BCUT2D eigenvalue weighted by atomic mass is 16.1. The lowest BCUT2D eigenvalue weighted by Crippen LogP contribution is -2.26. The number of carbonyl (C=O) groups excluding carboxylic acids is 1. The maximum Gasteiger partial charge on any atom is 0.275 e. The average molecular weight is 347 g/mol. The topological polar surface area (TPSA) is 63.1 Å². The molecule has 1 N–H and O–H groups in total. The van der Waals surface area contributed by atoms with Crippen LogP contribution < -0.4 is 5.32 Å². The van der Waals surface area contributed by atoms with E-state index in [0.29, 0.717) is 11.7 Å². The molecule has 6 nitrogen and oxygen atoms in total. The van der Waals surface area contributed by atoms with E-state index in [2.05, 4.69) is 43.9 Å². The van der Waals surface area contributed by atoms with E-state index in [-0.39, 0.29) is 5.91 Å². The van der Waals surface area contributed by atoms with Crippen molar-refractivity contribution in [3.63, 3.8) is 0 Å². The first kappa shape index (κ1) is 15.5. The maximum atomic E-state index is 12.8. The third-order valence-corrected chi connectivity index (χ3v) is 5.33. The van der Waals surface area contributed by atoms with Gasteiger partial charge in [-0.25, -0.2) is 9.97 Å². The molecule has 1 amide bonds. The fourth-order valence-corrected chi connectivity index (χ4v) is 3.77. The van der Waals surface area contributed by atoms with Gasteiger partial charge in [0.1, 0.15) is 17.7 Å². The highest BCUT2D eigenvalue weighted by Gasteiger charge is 2.26. The molecular weight excluding hydrogens is 326 g/mol. The molecule has 1 aliphatic carbocycles. The van der Waals surface area contributed by atoms with Gasteiger partial charge < -0.3 is 14.8 Å². The van der Waals surface area contributed by atoms with Crippen molar-refractivity contribution in [2.45, 2.75) is 31.8 Å². The smallest absolute Gasteiger partial charge is 0.275 e. The number of hydrogen-bond donors (Lipinski definition) is 1. The lowest BCUT2D eigenvalue weighted by Gasteiger charge is -2.25. The van der Waals surface area contributed by atoms with Gasteiger partial charge in [0.2, 0.25) is 0 Å². The van der Waals surface area contributed by atoms with Crippen molar-refractivity contribution in [2.75, 3.05) is 18.9 Å². The van der Waals surface area contributed by atoms with Gasteiger partial charge in [-0.05, 0) is 55.6 Å². The Morgan fingerprint density at radius 2 is 2.08 bits per heavy atom. The van der Waals surface area contributed by atoms with Gasteiger partial charge in [-0.15, -0.1) is 0 Å². The zero-order valence-electron chi connectivity index (χ0n) is 14.8. The summed E-state index contributed by atoms with van der Waals surface area (Å²) in [5, 5.41) is 3.83. The minimum absolute atomic E-state index is 0.185. The highest BCUT2D eigenvalue weighted by Crippen LogP contribution is 2.37. The van der Waals surface area contributed by atoms with Crippen molar-refractivity contribution in [1.82, 2.24) is 19.4 Å². The third kappa shape index (κ3) is 2.66. The van der Waals surface area contributed by atoms with E-state index < -0.39 is 0 Å². The Hall–Kier alpha value is -2.73. The van der Waals surface area contributed by atoms with Crippen LogP contribution >= 0.6 is 0 Å². The van der Waals surface area contributed by atoms with Crippen LogP contribution in [0.15, 0.2) is 36.8 Å². The van der Waals surface area contributed by atoms with Gasteiger partial charge in [-0.1, -0.05) is 6.07 Å². The fraction of sp³-hybridized carbons (Fsp3) is 0.350. The largest absolute Gasteiger partial charge is 0.329 e. The molecule has 2 aliphatic rings. The summed E-state index contributed by atoms with van der Waals surface area (Å²) in [6.07, 6.45) is 6.92. The number of anilines is 1. The Morgan fingerprint density at radius 3 is 2.92 bits per heavy atom. The van der Waals surface area contributed by atoms with Crippen LogP contribution in [0.5, 0.6) is 0 Å². The van der Waals surface area contributed by atoms with Gasteiger partial charge in [-0.2, -0.15) is 0 Å². The van der Waals surface area contributed by atoms with Crippen LogP contribution in [0.3, 0.4) is 0 Å². The molecule has 2 aromatic heterocycles. The summed E-state index contributed by atoms with van der Waals surface area (Å²) in [6.45, 7) is 2.00. The zero-order valence-corrected chi connectivity index (χ0v) is 14.8. The van der Waals surface area contributed by atoms with E-state index in [4.69, 9.17) is 0 Å². The van der Waals surface area contributed by atoms with Crippen LogP contribution in [0, 0.1) is 0 Å². The number of aromatic nitrogens is 3. The molecule has 0 atom stereocenters. The Balaban J connectivity index is 1.44. The summed E-state index contributed by atoms with van der Waals surface area (Å²) in [5.41, 5.74) is 4.75. The van der Waals surface area contributed by atoms with Gasteiger partial charge in [0, 0.05) is 31.0 Å². The Bertz CT molecular complexity index is 1000. The SMILES string of the molecule is CN1CCc2ccc(NC(=O)c3ncnc4c3ccn4C3CC3)cc2C1. The molecule has 6 heteroatoms. The fourth-order valence-electron chi connectivity index (χ4n) is 3.77. The number of nitrogens with zero attached hydrogens (tertiary/aromatic N) is 4. The van der Waals surface area contributed by atoms with Gasteiger partial charge in [0.15, 0.2) is 0 Å². The molecule has 0 radical (unpaired) electrons. The second-order valence-electron chi connectivity index (χ2n) is 7.34. The maximum absolute atomic E-state index is 12.8. The predicted octanol–water partition coefficient (Wildman–Crippen LogP) is 3.01. The second-order valence-corrected chi connectivity index (χ2v) is 7.34. The molecule has 1 aliphatic heterocycles. The van der Waals surface area contributed by atoms with Gasteiger partial charge in [0.05, 0.1) is 5.39 Å². The Morgan fingerprint density at radius 1 is 1.19 bits per heavy atom. The standard InChI is InChI=1S/C20H21N5O/c1-24-8-6-13-2-3-15(10-14(13)11-24)23-20(26)18-17-7-9-25(16-4-5-16)19(17)22-12-21-18/h2-3,7,9-10,12,16H,4-6,8,11H2,1H3,(H,23,26). The summed E-state index contributed by atoms with van der Waals surface area (Å²) in [7, 11) is 2.12. The van der Waals surface area contributed by atoms with Crippen molar-refractivity contribution in [1.29, 1.82) is 0 Å². The molecule has 0 bridgehead atoms. The van der Waals surface area contributed by atoms with E-state index >= 15 is 0 Å². The van der Waals surface area contributed by atoms with E-state index in [1.165, 1.54) is 30.3 Å². The van der Waals surface area contributed by atoms with Crippen LogP contribution in [-0.4, -0.2) is 38.9 Å². The number of nitrogens with one attached hydrogen (secondary N) is 1. The van der Waals surface area contributed by atoms with Crippen molar-refractivity contribution in [3.8, 4) is 0 Å². The van der Waals surface area contributed by atoms with Crippen LogP contribution in [0.1, 0.15) is 40.5 Å². The van der Waals surface area contributed by atoms with Crippen LogP contribution in [0.2, 0.25) is 0 Å². The quantitative estimate of drug-likeness (QED) is 0.791. The number of hydrogen-bond acceptors (Lipinski definition) is 4. The molecule has 0 spiro atoms. The number of likely N-dealkylation sites (N-methyl/N-ethyl adjacent to an activating group) is 1. The molecule has 5 rings (SSSR count). The predicted molar refractivity (Wildman–Crippen MR) is 100 cm³/mol. The zero-order chi connectivity index (χ0) is 17.7. The number of benzene rings is 1. The summed E-state index contributed by atoms with van der Waals surface area (Å²) in [6, 6.07) is 8.66. The normalized spacial score (nSPS) is 17.3. The number of rotatable bonds is 3. The minimum Gasteiger partial charge on any atom is -0.329 e. The number of amides is 1. The van der Waals surface area contributed by atoms with Gasteiger partial charge in [-0.3, -0.25) is 4.79 Å². The minimum atomic E-state index is -0.185. The van der Waals surface area contributed by atoms with Gasteiger partial charge >= 0.3 is 0 Å². The van der Waals surface area contributed by atoms with E-state index in [9.17, 15) is 4.79 Å². The molecule has 3 aromatic rings. The number of fused-ring (bicyclic) bond motifs is 2. The first-order valence-corrected chi connectivity index (χ1v) is 9.12. The molecule has 1 fully saturated rings. The van der Waals surface area contributed by atoms with Crippen LogP contribution in [-0.2, 0) is 13.0 Å². The lowest BCUT2D eigenvalue weighted by atomic mass is 9.99.